The first-order valence-electron chi connectivity index (χ1n) is 5.19. The van der Waals surface area contributed by atoms with Gasteiger partial charge in [0.25, 0.3) is 0 Å². The van der Waals surface area contributed by atoms with Crippen LogP contribution in [0.3, 0.4) is 0 Å². The Balaban J connectivity index is 0.00000144. The van der Waals surface area contributed by atoms with E-state index >= 15 is 0 Å². The van der Waals surface area contributed by atoms with Crippen LogP contribution in [0.4, 0.5) is 0 Å². The van der Waals surface area contributed by atoms with E-state index in [1.165, 1.54) is 10.5 Å². The third-order valence-corrected chi connectivity index (χ3v) is 3.01. The summed E-state index contributed by atoms with van der Waals surface area (Å²) in [5, 5.41) is 0. The van der Waals surface area contributed by atoms with Gasteiger partial charge in [-0.3, -0.25) is 0 Å². The lowest BCUT2D eigenvalue weighted by Crippen LogP contribution is -1.94. The highest BCUT2D eigenvalue weighted by molar-refractivity contribution is 7.98. The number of thioether (sulfide) groups is 1. The maximum atomic E-state index is 5.72. The molecule has 0 aliphatic heterocycles. The molecule has 0 aliphatic carbocycles. The molecular weight excluding hydrogens is 228 g/mol. The predicted molar refractivity (Wildman–Crippen MR) is 75.7 cm³/mol. The Morgan fingerprint density at radius 3 is 2.47 bits per heavy atom. The summed E-state index contributed by atoms with van der Waals surface area (Å²) in [5.74, 6) is 0.927. The Bertz CT molecular complexity index is 440. The highest BCUT2D eigenvalue weighted by Gasteiger charge is 1.96. The van der Waals surface area contributed by atoms with E-state index in [4.69, 9.17) is 4.74 Å². The molecule has 0 aliphatic rings. The van der Waals surface area contributed by atoms with Crippen LogP contribution in [0.5, 0.6) is 5.75 Å². The van der Waals surface area contributed by atoms with Gasteiger partial charge in [-0.05, 0) is 30.0 Å². The fraction of sp³-hybridized carbons (Fsp3) is 0.200. The maximum absolute atomic E-state index is 5.72. The van der Waals surface area contributed by atoms with Crippen LogP contribution >= 0.6 is 11.8 Å². The maximum Gasteiger partial charge on any atom is 0.120 e. The van der Waals surface area contributed by atoms with E-state index in [1.54, 1.807) is 11.8 Å². The van der Waals surface area contributed by atoms with Crippen molar-refractivity contribution in [3.8, 4) is 5.75 Å². The van der Waals surface area contributed by atoms with Gasteiger partial charge < -0.3 is 4.74 Å². The minimum atomic E-state index is 0. The molecule has 0 aromatic heterocycles. The highest BCUT2D eigenvalue weighted by atomic mass is 32.2. The van der Waals surface area contributed by atoms with Gasteiger partial charge in [-0.25, -0.2) is 0 Å². The lowest BCUT2D eigenvalue weighted by atomic mass is 10.2. The third-order valence-electron chi connectivity index (χ3n) is 2.29. The largest absolute Gasteiger partial charge is 0.489 e. The van der Waals surface area contributed by atoms with Gasteiger partial charge in [0.1, 0.15) is 12.4 Å². The Kier molecular flexibility index (Phi) is 5.64. The predicted octanol–water partition coefficient (Wildman–Crippen LogP) is 4.62. The summed E-state index contributed by atoms with van der Waals surface area (Å²) >= 11 is 1.72. The number of hydrogen-bond acceptors (Lipinski definition) is 2. The molecule has 0 atom stereocenters. The monoisotopic (exact) mass is 246 g/mol. The molecule has 0 saturated carbocycles. The second-order valence-corrected chi connectivity index (χ2v) is 4.33. The molecule has 0 bridgehead atoms. The van der Waals surface area contributed by atoms with Crippen molar-refractivity contribution >= 4 is 11.8 Å². The first-order chi connectivity index (χ1) is 7.88. The summed E-state index contributed by atoms with van der Waals surface area (Å²) in [6.45, 7) is 0.624. The summed E-state index contributed by atoms with van der Waals surface area (Å²) in [5.41, 5.74) is 1.19. The molecule has 0 radical (unpaired) electrons. The quantitative estimate of drug-likeness (QED) is 0.728. The Morgan fingerprint density at radius 2 is 1.76 bits per heavy atom. The van der Waals surface area contributed by atoms with E-state index in [9.17, 15) is 0 Å². The molecule has 2 rings (SSSR count). The summed E-state index contributed by atoms with van der Waals surface area (Å²) < 4.78 is 5.72. The molecule has 90 valence electrons. The zero-order valence-corrected chi connectivity index (χ0v) is 10.0. The molecule has 0 saturated heterocycles. The second-order valence-electron chi connectivity index (χ2n) is 3.45. The van der Waals surface area contributed by atoms with E-state index in [0.29, 0.717) is 6.61 Å². The van der Waals surface area contributed by atoms with Crippen LogP contribution in [0, 0.1) is 0 Å². The summed E-state index contributed by atoms with van der Waals surface area (Å²) in [4.78, 5) is 1.23. The van der Waals surface area contributed by atoms with Gasteiger partial charge in [-0.1, -0.05) is 43.8 Å². The van der Waals surface area contributed by atoms with Crippen molar-refractivity contribution in [2.24, 2.45) is 0 Å². The third kappa shape index (κ3) is 4.16. The van der Waals surface area contributed by atoms with E-state index in [-0.39, 0.29) is 7.43 Å². The van der Waals surface area contributed by atoms with E-state index in [2.05, 4.69) is 30.5 Å². The molecule has 0 N–H and O–H groups in total. The van der Waals surface area contributed by atoms with Crippen LogP contribution in [-0.2, 0) is 6.61 Å². The average molecular weight is 246 g/mol. The molecule has 0 fully saturated rings. The molecular formula is C15H18OS. The Labute approximate surface area is 108 Å². The van der Waals surface area contributed by atoms with Gasteiger partial charge in [-0.2, -0.15) is 0 Å². The molecule has 17 heavy (non-hydrogen) atoms. The molecule has 2 aromatic carbocycles. The summed E-state index contributed by atoms with van der Waals surface area (Å²) in [6, 6.07) is 18.4. The van der Waals surface area contributed by atoms with Gasteiger partial charge in [0.15, 0.2) is 0 Å². The van der Waals surface area contributed by atoms with Crippen LogP contribution < -0.4 is 4.74 Å². The van der Waals surface area contributed by atoms with Crippen LogP contribution in [0.15, 0.2) is 59.5 Å². The molecule has 0 unspecified atom stereocenters. The van der Waals surface area contributed by atoms with Crippen LogP contribution in [0.25, 0.3) is 0 Å². The Hall–Kier alpha value is -1.41. The van der Waals surface area contributed by atoms with Crippen molar-refractivity contribution in [1.29, 1.82) is 0 Å². The molecule has 2 heteroatoms. The van der Waals surface area contributed by atoms with Gasteiger partial charge in [0.2, 0.25) is 0 Å². The lowest BCUT2D eigenvalue weighted by Gasteiger charge is -2.07. The Morgan fingerprint density at radius 1 is 1.00 bits per heavy atom. The van der Waals surface area contributed by atoms with Crippen molar-refractivity contribution in [3.63, 3.8) is 0 Å². The lowest BCUT2D eigenvalue weighted by molar-refractivity contribution is 0.305. The number of ether oxygens (including phenoxy) is 1. The smallest absolute Gasteiger partial charge is 0.120 e. The van der Waals surface area contributed by atoms with Crippen LogP contribution in [0.2, 0.25) is 0 Å². The van der Waals surface area contributed by atoms with Crippen molar-refractivity contribution < 1.29 is 4.74 Å². The van der Waals surface area contributed by atoms with Crippen molar-refractivity contribution in [1.82, 2.24) is 0 Å². The molecule has 0 heterocycles. The fourth-order valence-electron chi connectivity index (χ4n) is 1.43. The standard InChI is InChI=1S/C14H14OS.CH4/c1-16-14-9-5-8-13(10-14)15-11-12-6-3-2-4-7-12;/h2-10H,11H2,1H3;1H4. The van der Waals surface area contributed by atoms with Gasteiger partial charge in [0.05, 0.1) is 0 Å². The average Bonchev–Trinajstić information content (AvgIpc) is 2.38. The van der Waals surface area contributed by atoms with Gasteiger partial charge in [-0.15, -0.1) is 11.8 Å². The van der Waals surface area contributed by atoms with E-state index in [1.807, 2.05) is 30.3 Å². The fourth-order valence-corrected chi connectivity index (χ4v) is 1.88. The van der Waals surface area contributed by atoms with Gasteiger partial charge in [0, 0.05) is 4.90 Å². The van der Waals surface area contributed by atoms with Crippen molar-refractivity contribution in [2.45, 2.75) is 18.9 Å². The topological polar surface area (TPSA) is 9.23 Å². The van der Waals surface area contributed by atoms with E-state index in [0.717, 1.165) is 5.75 Å². The molecule has 2 aromatic rings. The minimum absolute atomic E-state index is 0. The zero-order valence-electron chi connectivity index (χ0n) is 9.22. The van der Waals surface area contributed by atoms with Crippen LogP contribution in [0.1, 0.15) is 13.0 Å². The summed E-state index contributed by atoms with van der Waals surface area (Å²) in [7, 11) is 0. The number of benzene rings is 2. The number of rotatable bonds is 4. The first-order valence-corrected chi connectivity index (χ1v) is 6.42. The zero-order chi connectivity index (χ0) is 11.2. The first kappa shape index (κ1) is 13.7. The molecule has 1 nitrogen and oxygen atoms in total. The van der Waals surface area contributed by atoms with Gasteiger partial charge >= 0.3 is 0 Å². The second kappa shape index (κ2) is 7.02. The molecule has 0 amide bonds. The molecule has 0 spiro atoms. The van der Waals surface area contributed by atoms with E-state index < -0.39 is 0 Å². The minimum Gasteiger partial charge on any atom is -0.489 e. The number of hydrogen-bond donors (Lipinski definition) is 0. The van der Waals surface area contributed by atoms with Crippen molar-refractivity contribution in [2.75, 3.05) is 6.26 Å². The summed E-state index contributed by atoms with van der Waals surface area (Å²) in [6.07, 6.45) is 2.07. The van der Waals surface area contributed by atoms with Crippen LogP contribution in [-0.4, -0.2) is 6.26 Å². The SMILES string of the molecule is C.CSc1cccc(OCc2ccccc2)c1. The normalized spacial score (nSPS) is 9.47. The van der Waals surface area contributed by atoms with Crippen molar-refractivity contribution in [3.05, 3.63) is 60.2 Å². The highest BCUT2D eigenvalue weighted by Crippen LogP contribution is 2.21.